The normalized spacial score (nSPS) is 27.2. The van der Waals surface area contributed by atoms with Gasteiger partial charge in [0.05, 0.1) is 0 Å². The van der Waals surface area contributed by atoms with E-state index in [0.29, 0.717) is 0 Å². The summed E-state index contributed by atoms with van der Waals surface area (Å²) >= 11 is 0. The quantitative estimate of drug-likeness (QED) is 0.681. The minimum atomic E-state index is 0.719. The van der Waals surface area contributed by atoms with Crippen molar-refractivity contribution in [2.75, 3.05) is 32.7 Å². The third-order valence-corrected chi connectivity index (χ3v) is 3.60. The van der Waals surface area contributed by atoms with Gasteiger partial charge in [0.2, 0.25) is 0 Å². The summed E-state index contributed by atoms with van der Waals surface area (Å²) in [5.74, 6) is 0. The number of nitrogens with one attached hydrogen (secondary N) is 2. The lowest BCUT2D eigenvalue weighted by molar-refractivity contribution is 0.266. The number of likely N-dealkylation sites (N-methyl/N-ethyl adjacent to an activating group) is 1. The zero-order valence-corrected chi connectivity index (χ0v) is 9.97. The number of nitrogens with zero attached hydrogens (tertiary/aromatic N) is 1. The van der Waals surface area contributed by atoms with Crippen LogP contribution >= 0.6 is 0 Å². The van der Waals surface area contributed by atoms with Crippen molar-refractivity contribution in [3.05, 3.63) is 0 Å². The molecule has 15 heavy (non-hydrogen) atoms. The maximum Gasteiger partial charge on any atom is 0.0193 e. The van der Waals surface area contributed by atoms with Crippen LogP contribution in [0.4, 0.5) is 0 Å². The minimum Gasteiger partial charge on any atom is -0.315 e. The molecule has 2 aliphatic rings. The van der Waals surface area contributed by atoms with Crippen LogP contribution in [0.2, 0.25) is 0 Å². The number of hydrogen-bond acceptors (Lipinski definition) is 3. The fourth-order valence-electron chi connectivity index (χ4n) is 2.48. The molecule has 0 radical (unpaired) electrons. The molecule has 1 aliphatic carbocycles. The lowest BCUT2D eigenvalue weighted by Crippen LogP contribution is -2.45. The fourth-order valence-corrected chi connectivity index (χ4v) is 2.48. The summed E-state index contributed by atoms with van der Waals surface area (Å²) in [6, 6.07) is 1.64. The Kier molecular flexibility index (Phi) is 4.42. The van der Waals surface area contributed by atoms with Crippen molar-refractivity contribution in [1.82, 2.24) is 15.5 Å². The Morgan fingerprint density at radius 3 is 2.80 bits per heavy atom. The molecule has 2 N–H and O–H groups in total. The summed E-state index contributed by atoms with van der Waals surface area (Å²) in [4.78, 5) is 2.61. The summed E-state index contributed by atoms with van der Waals surface area (Å²) in [7, 11) is 0. The van der Waals surface area contributed by atoms with Crippen molar-refractivity contribution in [1.29, 1.82) is 0 Å². The van der Waals surface area contributed by atoms with E-state index in [1.807, 2.05) is 0 Å². The Labute approximate surface area is 93.6 Å². The smallest absolute Gasteiger partial charge is 0.0193 e. The van der Waals surface area contributed by atoms with Gasteiger partial charge in [-0.3, -0.25) is 4.90 Å². The van der Waals surface area contributed by atoms with Crippen LogP contribution in [0, 0.1) is 0 Å². The van der Waals surface area contributed by atoms with E-state index in [9.17, 15) is 0 Å². The predicted octanol–water partition coefficient (Wildman–Crippen LogP) is 0.812. The van der Waals surface area contributed by atoms with Gasteiger partial charge in [0.25, 0.3) is 0 Å². The maximum atomic E-state index is 3.66. The van der Waals surface area contributed by atoms with E-state index in [1.54, 1.807) is 0 Å². The number of hydrogen-bond donors (Lipinski definition) is 2. The minimum absolute atomic E-state index is 0.719. The highest BCUT2D eigenvalue weighted by molar-refractivity contribution is 4.84. The van der Waals surface area contributed by atoms with Gasteiger partial charge in [-0.25, -0.2) is 0 Å². The van der Waals surface area contributed by atoms with E-state index < -0.39 is 0 Å². The van der Waals surface area contributed by atoms with Gasteiger partial charge in [0.15, 0.2) is 0 Å². The summed E-state index contributed by atoms with van der Waals surface area (Å²) in [6.07, 6.45) is 5.54. The third kappa shape index (κ3) is 3.74. The van der Waals surface area contributed by atoms with Gasteiger partial charge in [0, 0.05) is 31.7 Å². The van der Waals surface area contributed by atoms with Crippen LogP contribution in [-0.2, 0) is 0 Å². The molecule has 88 valence electrons. The van der Waals surface area contributed by atoms with Gasteiger partial charge in [-0.15, -0.1) is 0 Å². The maximum absolute atomic E-state index is 3.66. The first kappa shape index (κ1) is 11.4. The molecule has 1 saturated carbocycles. The standard InChI is InChI=1S/C12H25N3/c1-2-15(12-5-6-12)9-8-14-11-4-3-7-13-10-11/h11-14H,2-10H2,1H3. The van der Waals surface area contributed by atoms with E-state index in [4.69, 9.17) is 0 Å². The van der Waals surface area contributed by atoms with Gasteiger partial charge in [-0.2, -0.15) is 0 Å². The topological polar surface area (TPSA) is 27.3 Å². The Morgan fingerprint density at radius 1 is 1.33 bits per heavy atom. The summed E-state index contributed by atoms with van der Waals surface area (Å²) in [5.41, 5.74) is 0. The van der Waals surface area contributed by atoms with Crippen LogP contribution in [-0.4, -0.2) is 49.7 Å². The van der Waals surface area contributed by atoms with Crippen molar-refractivity contribution >= 4 is 0 Å². The van der Waals surface area contributed by atoms with E-state index in [2.05, 4.69) is 22.5 Å². The highest BCUT2D eigenvalue weighted by Crippen LogP contribution is 2.25. The molecule has 0 bridgehead atoms. The molecule has 3 heteroatoms. The van der Waals surface area contributed by atoms with E-state index in [0.717, 1.165) is 25.2 Å². The molecule has 0 spiro atoms. The molecular formula is C12H25N3. The van der Waals surface area contributed by atoms with Crippen molar-refractivity contribution < 1.29 is 0 Å². The molecule has 1 heterocycles. The largest absolute Gasteiger partial charge is 0.315 e. The molecule has 0 aromatic carbocycles. The van der Waals surface area contributed by atoms with Gasteiger partial charge >= 0.3 is 0 Å². The molecule has 1 aliphatic heterocycles. The van der Waals surface area contributed by atoms with Crippen molar-refractivity contribution in [2.45, 2.75) is 44.7 Å². The van der Waals surface area contributed by atoms with Gasteiger partial charge < -0.3 is 10.6 Å². The first-order chi connectivity index (χ1) is 7.40. The van der Waals surface area contributed by atoms with Crippen LogP contribution in [0.1, 0.15) is 32.6 Å². The Bertz CT molecular complexity index is 174. The highest BCUT2D eigenvalue weighted by Gasteiger charge is 2.27. The first-order valence-electron chi connectivity index (χ1n) is 6.58. The molecule has 3 nitrogen and oxygen atoms in total. The average Bonchev–Trinajstić information content (AvgIpc) is 3.10. The molecule has 0 aromatic rings. The molecule has 1 atom stereocenters. The van der Waals surface area contributed by atoms with Gasteiger partial charge in [0.1, 0.15) is 0 Å². The van der Waals surface area contributed by atoms with Gasteiger partial charge in [-0.05, 0) is 38.8 Å². The highest BCUT2D eigenvalue weighted by atomic mass is 15.2. The Hall–Kier alpha value is -0.120. The van der Waals surface area contributed by atoms with E-state index in [1.165, 1.54) is 45.3 Å². The molecule has 1 saturated heterocycles. The molecule has 2 rings (SSSR count). The summed E-state index contributed by atoms with van der Waals surface area (Å²) in [6.45, 7) is 8.26. The van der Waals surface area contributed by atoms with Crippen LogP contribution in [0.25, 0.3) is 0 Å². The molecular weight excluding hydrogens is 186 g/mol. The van der Waals surface area contributed by atoms with E-state index in [-0.39, 0.29) is 0 Å². The molecule has 2 fully saturated rings. The number of piperidine rings is 1. The molecule has 0 aromatic heterocycles. The average molecular weight is 211 g/mol. The van der Waals surface area contributed by atoms with Crippen molar-refractivity contribution in [3.8, 4) is 0 Å². The first-order valence-corrected chi connectivity index (χ1v) is 6.58. The van der Waals surface area contributed by atoms with Crippen LogP contribution in [0.15, 0.2) is 0 Å². The Balaban J connectivity index is 1.56. The monoisotopic (exact) mass is 211 g/mol. The zero-order valence-electron chi connectivity index (χ0n) is 9.97. The lowest BCUT2D eigenvalue weighted by Gasteiger charge is -2.26. The fraction of sp³-hybridized carbons (Fsp3) is 1.00. The molecule has 1 unspecified atom stereocenters. The second kappa shape index (κ2) is 5.83. The lowest BCUT2D eigenvalue weighted by atomic mass is 10.1. The second-order valence-corrected chi connectivity index (χ2v) is 4.86. The number of rotatable bonds is 6. The predicted molar refractivity (Wildman–Crippen MR) is 64.2 cm³/mol. The Morgan fingerprint density at radius 2 is 2.20 bits per heavy atom. The summed E-state index contributed by atoms with van der Waals surface area (Å²) < 4.78 is 0. The van der Waals surface area contributed by atoms with Gasteiger partial charge in [-0.1, -0.05) is 6.92 Å². The van der Waals surface area contributed by atoms with Crippen LogP contribution in [0.5, 0.6) is 0 Å². The molecule has 0 amide bonds. The van der Waals surface area contributed by atoms with Crippen molar-refractivity contribution in [3.63, 3.8) is 0 Å². The third-order valence-electron chi connectivity index (χ3n) is 3.60. The SMILES string of the molecule is CCN(CCNC1CCCNC1)C1CC1. The summed E-state index contributed by atoms with van der Waals surface area (Å²) in [5, 5.41) is 7.11. The van der Waals surface area contributed by atoms with E-state index >= 15 is 0 Å². The second-order valence-electron chi connectivity index (χ2n) is 4.86. The zero-order chi connectivity index (χ0) is 10.5. The van der Waals surface area contributed by atoms with Crippen molar-refractivity contribution in [2.24, 2.45) is 0 Å². The van der Waals surface area contributed by atoms with Crippen LogP contribution in [0.3, 0.4) is 0 Å². The van der Waals surface area contributed by atoms with Crippen LogP contribution < -0.4 is 10.6 Å².